The summed E-state index contributed by atoms with van der Waals surface area (Å²) in [5.41, 5.74) is 1.78. The van der Waals surface area contributed by atoms with Gasteiger partial charge in [-0.15, -0.1) is 24.0 Å². The Labute approximate surface area is 166 Å². The first kappa shape index (κ1) is 21.2. The molecule has 0 bridgehead atoms. The SMILES string of the molecule is CN=C(NCc1ccc(C#N)cc1)N1CCC(CC(=O)NC)CC1.I. The van der Waals surface area contributed by atoms with Gasteiger partial charge in [0, 0.05) is 40.2 Å². The smallest absolute Gasteiger partial charge is 0.220 e. The molecule has 1 saturated heterocycles. The highest BCUT2D eigenvalue weighted by Gasteiger charge is 2.22. The molecule has 136 valence electrons. The summed E-state index contributed by atoms with van der Waals surface area (Å²) in [5.74, 6) is 1.47. The van der Waals surface area contributed by atoms with Crippen LogP contribution in [-0.2, 0) is 11.3 Å². The number of halogens is 1. The van der Waals surface area contributed by atoms with Gasteiger partial charge in [0.15, 0.2) is 5.96 Å². The number of hydrogen-bond donors (Lipinski definition) is 2. The molecule has 0 aliphatic carbocycles. The van der Waals surface area contributed by atoms with Crippen molar-refractivity contribution < 1.29 is 4.79 Å². The predicted octanol–water partition coefficient (Wildman–Crippen LogP) is 2.10. The Morgan fingerprint density at radius 3 is 2.48 bits per heavy atom. The first-order chi connectivity index (χ1) is 11.7. The second-order valence-electron chi connectivity index (χ2n) is 6.02. The lowest BCUT2D eigenvalue weighted by Gasteiger charge is -2.34. The maximum absolute atomic E-state index is 11.5. The maximum atomic E-state index is 11.5. The predicted molar refractivity (Wildman–Crippen MR) is 110 cm³/mol. The number of nitrogens with zero attached hydrogens (tertiary/aromatic N) is 3. The van der Waals surface area contributed by atoms with E-state index in [1.54, 1.807) is 14.1 Å². The molecule has 1 amide bonds. The Kier molecular flexibility index (Phi) is 9.27. The van der Waals surface area contributed by atoms with E-state index in [1.807, 2.05) is 24.3 Å². The van der Waals surface area contributed by atoms with Crippen molar-refractivity contribution in [1.29, 1.82) is 5.26 Å². The number of nitrogens with one attached hydrogen (secondary N) is 2. The summed E-state index contributed by atoms with van der Waals surface area (Å²) in [6, 6.07) is 9.68. The summed E-state index contributed by atoms with van der Waals surface area (Å²) < 4.78 is 0. The van der Waals surface area contributed by atoms with Gasteiger partial charge in [-0.2, -0.15) is 5.26 Å². The van der Waals surface area contributed by atoms with E-state index >= 15 is 0 Å². The summed E-state index contributed by atoms with van der Waals surface area (Å²) in [5, 5.41) is 14.9. The number of rotatable bonds is 4. The van der Waals surface area contributed by atoms with E-state index in [2.05, 4.69) is 26.6 Å². The van der Waals surface area contributed by atoms with Gasteiger partial charge in [-0.05, 0) is 36.5 Å². The summed E-state index contributed by atoms with van der Waals surface area (Å²) in [6.45, 7) is 2.50. The molecule has 1 aliphatic heterocycles. The monoisotopic (exact) mass is 455 g/mol. The Morgan fingerprint density at radius 1 is 1.32 bits per heavy atom. The molecule has 7 heteroatoms. The van der Waals surface area contributed by atoms with Gasteiger partial charge in [0.1, 0.15) is 0 Å². The summed E-state index contributed by atoms with van der Waals surface area (Å²) >= 11 is 0. The van der Waals surface area contributed by atoms with E-state index in [0.717, 1.165) is 37.5 Å². The highest BCUT2D eigenvalue weighted by molar-refractivity contribution is 14.0. The Bertz CT molecular complexity index is 615. The highest BCUT2D eigenvalue weighted by Crippen LogP contribution is 2.20. The lowest BCUT2D eigenvalue weighted by molar-refractivity contribution is -0.121. The van der Waals surface area contributed by atoms with Crippen LogP contribution in [0.5, 0.6) is 0 Å². The molecule has 0 saturated carbocycles. The number of amides is 1. The minimum atomic E-state index is 0. The molecule has 25 heavy (non-hydrogen) atoms. The zero-order chi connectivity index (χ0) is 17.4. The summed E-state index contributed by atoms with van der Waals surface area (Å²) in [6.07, 6.45) is 2.62. The van der Waals surface area contributed by atoms with Crippen LogP contribution in [0, 0.1) is 17.2 Å². The molecule has 1 heterocycles. The number of benzene rings is 1. The van der Waals surface area contributed by atoms with Gasteiger partial charge in [0.2, 0.25) is 5.91 Å². The lowest BCUT2D eigenvalue weighted by atomic mass is 9.93. The van der Waals surface area contributed by atoms with Crippen LogP contribution in [0.4, 0.5) is 0 Å². The quantitative estimate of drug-likeness (QED) is 0.414. The highest BCUT2D eigenvalue weighted by atomic mass is 127. The number of likely N-dealkylation sites (tertiary alicyclic amines) is 1. The van der Waals surface area contributed by atoms with E-state index in [9.17, 15) is 4.79 Å². The molecule has 6 nitrogen and oxygen atoms in total. The summed E-state index contributed by atoms with van der Waals surface area (Å²) in [7, 11) is 3.48. The molecule has 1 aliphatic rings. The Morgan fingerprint density at radius 2 is 1.96 bits per heavy atom. The Balaban J connectivity index is 0.00000312. The second-order valence-corrected chi connectivity index (χ2v) is 6.02. The van der Waals surface area contributed by atoms with Crippen LogP contribution in [0.15, 0.2) is 29.3 Å². The Hall–Kier alpha value is -1.82. The van der Waals surface area contributed by atoms with E-state index in [0.29, 0.717) is 24.4 Å². The fourth-order valence-electron chi connectivity index (χ4n) is 2.92. The third-order valence-electron chi connectivity index (χ3n) is 4.41. The van der Waals surface area contributed by atoms with Crippen LogP contribution in [-0.4, -0.2) is 44.0 Å². The fourth-order valence-corrected chi connectivity index (χ4v) is 2.92. The number of nitriles is 1. The van der Waals surface area contributed by atoms with Crippen molar-refractivity contribution in [2.75, 3.05) is 27.2 Å². The molecule has 0 aromatic heterocycles. The van der Waals surface area contributed by atoms with Gasteiger partial charge >= 0.3 is 0 Å². The zero-order valence-electron chi connectivity index (χ0n) is 14.8. The van der Waals surface area contributed by atoms with Gasteiger partial charge in [0.25, 0.3) is 0 Å². The van der Waals surface area contributed by atoms with Crippen LogP contribution in [0.2, 0.25) is 0 Å². The minimum absolute atomic E-state index is 0. The third kappa shape index (κ3) is 6.53. The van der Waals surface area contributed by atoms with Crippen molar-refractivity contribution in [2.45, 2.75) is 25.8 Å². The van der Waals surface area contributed by atoms with E-state index in [4.69, 9.17) is 5.26 Å². The van der Waals surface area contributed by atoms with E-state index < -0.39 is 0 Å². The largest absolute Gasteiger partial charge is 0.359 e. The van der Waals surface area contributed by atoms with Crippen molar-refractivity contribution in [3.05, 3.63) is 35.4 Å². The first-order valence-corrected chi connectivity index (χ1v) is 8.31. The molecule has 1 aromatic rings. The van der Waals surface area contributed by atoms with Crippen molar-refractivity contribution in [3.63, 3.8) is 0 Å². The standard InChI is InChI=1S/C18H25N5O.HI/c1-20-17(24)11-14-7-9-23(10-8-14)18(21-2)22-13-16-5-3-15(12-19)4-6-16;/h3-6,14H,7-11,13H2,1-2H3,(H,20,24)(H,21,22);1H. The second kappa shape index (κ2) is 10.9. The lowest BCUT2D eigenvalue weighted by Crippen LogP contribution is -2.45. The zero-order valence-corrected chi connectivity index (χ0v) is 17.1. The molecular weight excluding hydrogens is 429 g/mol. The number of hydrogen-bond acceptors (Lipinski definition) is 3. The van der Waals surface area contributed by atoms with E-state index in [1.165, 1.54) is 0 Å². The number of carbonyl (C=O) groups excluding carboxylic acids is 1. The maximum Gasteiger partial charge on any atom is 0.220 e. The first-order valence-electron chi connectivity index (χ1n) is 8.31. The van der Waals surface area contributed by atoms with Crippen LogP contribution in [0.1, 0.15) is 30.4 Å². The topological polar surface area (TPSA) is 80.5 Å². The van der Waals surface area contributed by atoms with Crippen molar-refractivity contribution >= 4 is 35.8 Å². The molecule has 1 aromatic carbocycles. The van der Waals surface area contributed by atoms with Gasteiger partial charge < -0.3 is 15.5 Å². The van der Waals surface area contributed by atoms with Gasteiger partial charge in [-0.25, -0.2) is 0 Å². The molecule has 0 spiro atoms. The molecular formula is C18H26IN5O. The molecule has 0 radical (unpaired) electrons. The average molecular weight is 455 g/mol. The summed E-state index contributed by atoms with van der Waals surface area (Å²) in [4.78, 5) is 18.1. The fraction of sp³-hybridized carbons (Fsp3) is 0.500. The van der Waals surface area contributed by atoms with Crippen LogP contribution < -0.4 is 10.6 Å². The number of guanidine groups is 1. The van der Waals surface area contributed by atoms with Crippen molar-refractivity contribution in [3.8, 4) is 6.07 Å². The van der Waals surface area contributed by atoms with Crippen molar-refractivity contribution in [2.24, 2.45) is 10.9 Å². The van der Waals surface area contributed by atoms with Gasteiger partial charge in [0.05, 0.1) is 11.6 Å². The molecule has 2 rings (SSSR count). The third-order valence-corrected chi connectivity index (χ3v) is 4.41. The van der Waals surface area contributed by atoms with E-state index in [-0.39, 0.29) is 29.9 Å². The number of piperidine rings is 1. The molecule has 0 atom stereocenters. The van der Waals surface area contributed by atoms with Crippen molar-refractivity contribution in [1.82, 2.24) is 15.5 Å². The van der Waals surface area contributed by atoms with Gasteiger partial charge in [-0.1, -0.05) is 12.1 Å². The van der Waals surface area contributed by atoms with Crippen LogP contribution in [0.25, 0.3) is 0 Å². The molecule has 0 unspecified atom stereocenters. The minimum Gasteiger partial charge on any atom is -0.359 e. The van der Waals surface area contributed by atoms with Crippen LogP contribution in [0.3, 0.4) is 0 Å². The number of aliphatic imine (C=N–C) groups is 1. The molecule has 1 fully saturated rings. The molecule has 2 N–H and O–H groups in total. The van der Waals surface area contributed by atoms with Gasteiger partial charge in [-0.3, -0.25) is 9.79 Å². The number of carbonyl (C=O) groups is 1. The average Bonchev–Trinajstić information content (AvgIpc) is 2.63. The normalized spacial score (nSPS) is 15.1. The van der Waals surface area contributed by atoms with Crippen LogP contribution >= 0.6 is 24.0 Å².